The van der Waals surface area contributed by atoms with E-state index in [4.69, 9.17) is 4.42 Å². The van der Waals surface area contributed by atoms with E-state index in [2.05, 4.69) is 20.0 Å². The molecule has 9 nitrogen and oxygen atoms in total. The van der Waals surface area contributed by atoms with Gasteiger partial charge in [0.2, 0.25) is 5.95 Å². The molecule has 31 heavy (non-hydrogen) atoms. The predicted octanol–water partition coefficient (Wildman–Crippen LogP) is 2.78. The maximum absolute atomic E-state index is 13.4. The molecule has 0 unspecified atom stereocenters. The van der Waals surface area contributed by atoms with Crippen molar-refractivity contribution in [2.45, 2.75) is 4.90 Å². The van der Waals surface area contributed by atoms with E-state index in [0.717, 1.165) is 12.1 Å². The fraction of sp³-hybridized carbons (Fsp3) is 0. The Labute approximate surface area is 174 Å². The first-order chi connectivity index (χ1) is 14.8. The van der Waals surface area contributed by atoms with Crippen molar-refractivity contribution in [3.8, 4) is 0 Å². The summed E-state index contributed by atoms with van der Waals surface area (Å²) in [6, 6.07) is 11.6. The lowest BCUT2D eigenvalue weighted by molar-refractivity contribution is 0.0993. The molecule has 0 saturated heterocycles. The van der Waals surface area contributed by atoms with Gasteiger partial charge in [0.05, 0.1) is 10.3 Å². The molecule has 4 rings (SSSR count). The van der Waals surface area contributed by atoms with Crippen LogP contribution in [0.1, 0.15) is 10.6 Å². The first-order valence-corrected chi connectivity index (χ1v) is 10.2. The quantitative estimate of drug-likeness (QED) is 0.488. The second-order valence-electron chi connectivity index (χ2n) is 6.29. The third-order valence-corrected chi connectivity index (χ3v) is 5.50. The smallest absolute Gasteiger partial charge is 0.344 e. The van der Waals surface area contributed by atoms with Gasteiger partial charge in [-0.15, -0.1) is 0 Å². The van der Waals surface area contributed by atoms with Gasteiger partial charge in [0, 0.05) is 18.1 Å². The Bertz CT molecular complexity index is 1440. The van der Waals surface area contributed by atoms with Crippen molar-refractivity contribution in [3.05, 3.63) is 89.0 Å². The van der Waals surface area contributed by atoms with Crippen molar-refractivity contribution in [3.63, 3.8) is 0 Å². The highest BCUT2D eigenvalue weighted by Gasteiger charge is 2.17. The van der Waals surface area contributed by atoms with Crippen molar-refractivity contribution >= 4 is 38.3 Å². The topological polar surface area (TPSA) is 131 Å². The van der Waals surface area contributed by atoms with E-state index in [-0.39, 0.29) is 33.1 Å². The molecule has 0 fully saturated rings. The van der Waals surface area contributed by atoms with Gasteiger partial charge in [0.15, 0.2) is 5.76 Å². The molecule has 0 aliphatic carbocycles. The second-order valence-corrected chi connectivity index (χ2v) is 7.97. The van der Waals surface area contributed by atoms with E-state index in [1.807, 2.05) is 0 Å². The van der Waals surface area contributed by atoms with Crippen molar-refractivity contribution in [2.75, 3.05) is 10.0 Å². The molecule has 4 aromatic rings. The van der Waals surface area contributed by atoms with E-state index in [1.165, 1.54) is 48.8 Å². The van der Waals surface area contributed by atoms with Gasteiger partial charge >= 0.3 is 5.63 Å². The number of hydrogen-bond donors (Lipinski definition) is 2. The van der Waals surface area contributed by atoms with Crippen molar-refractivity contribution in [2.24, 2.45) is 0 Å². The van der Waals surface area contributed by atoms with Crippen LogP contribution in [-0.2, 0) is 10.0 Å². The van der Waals surface area contributed by atoms with E-state index >= 15 is 0 Å². The van der Waals surface area contributed by atoms with Crippen molar-refractivity contribution < 1.29 is 22.0 Å². The Morgan fingerprint density at radius 2 is 1.71 bits per heavy atom. The molecule has 0 atom stereocenters. The average Bonchev–Trinajstić information content (AvgIpc) is 2.74. The highest BCUT2D eigenvalue weighted by Crippen LogP contribution is 2.18. The summed E-state index contributed by atoms with van der Waals surface area (Å²) in [6.07, 6.45) is 2.78. The number of carbonyl (C=O) groups is 1. The standard InChI is InChI=1S/C20H13FN4O5S/c21-13-2-7-16-12(10-13)11-17(30-19(16)27)18(26)24-14-3-5-15(6-4-14)31(28,29)25-20-22-8-1-9-23-20/h1-11H,(H,24,26)(H,22,23,25). The predicted molar refractivity (Wildman–Crippen MR) is 110 cm³/mol. The number of nitrogens with zero attached hydrogens (tertiary/aromatic N) is 2. The summed E-state index contributed by atoms with van der Waals surface area (Å²) >= 11 is 0. The Morgan fingerprint density at radius 3 is 2.42 bits per heavy atom. The van der Waals surface area contributed by atoms with Gasteiger partial charge in [-0.2, -0.15) is 0 Å². The zero-order valence-corrected chi connectivity index (χ0v) is 16.4. The third-order valence-electron chi connectivity index (χ3n) is 4.16. The lowest BCUT2D eigenvalue weighted by Gasteiger charge is -2.08. The Hall–Kier alpha value is -4.12. The van der Waals surface area contributed by atoms with E-state index in [1.54, 1.807) is 6.07 Å². The highest BCUT2D eigenvalue weighted by molar-refractivity contribution is 7.92. The number of fused-ring (bicyclic) bond motifs is 1. The van der Waals surface area contributed by atoms with Crippen LogP contribution in [0.3, 0.4) is 0 Å². The number of hydrogen-bond acceptors (Lipinski definition) is 7. The molecule has 0 aliphatic heterocycles. The average molecular weight is 440 g/mol. The largest absolute Gasteiger partial charge is 0.417 e. The zero-order chi connectivity index (χ0) is 22.0. The summed E-state index contributed by atoms with van der Waals surface area (Å²) in [7, 11) is -3.93. The van der Waals surface area contributed by atoms with E-state index < -0.39 is 27.4 Å². The number of amides is 1. The molecule has 2 heterocycles. The lowest BCUT2D eigenvalue weighted by Crippen LogP contribution is -2.16. The molecular weight excluding hydrogens is 427 g/mol. The molecule has 0 saturated carbocycles. The lowest BCUT2D eigenvalue weighted by atomic mass is 10.1. The normalized spacial score (nSPS) is 11.3. The highest BCUT2D eigenvalue weighted by atomic mass is 32.2. The zero-order valence-electron chi connectivity index (χ0n) is 15.6. The molecule has 0 aliphatic rings. The minimum absolute atomic E-state index is 0.0781. The number of aromatic nitrogens is 2. The van der Waals surface area contributed by atoms with Crippen molar-refractivity contribution in [1.82, 2.24) is 9.97 Å². The van der Waals surface area contributed by atoms with Crippen molar-refractivity contribution in [1.29, 1.82) is 0 Å². The summed E-state index contributed by atoms with van der Waals surface area (Å²) < 4.78 is 45.4. The number of sulfonamides is 1. The molecule has 11 heteroatoms. The molecule has 156 valence electrons. The van der Waals surface area contributed by atoms with Gasteiger partial charge in [0.25, 0.3) is 15.9 Å². The van der Waals surface area contributed by atoms with Crippen LogP contribution in [0.25, 0.3) is 10.8 Å². The van der Waals surface area contributed by atoms with E-state index in [0.29, 0.717) is 0 Å². The van der Waals surface area contributed by atoms with Crippen LogP contribution in [0.4, 0.5) is 16.0 Å². The molecule has 0 bridgehead atoms. The van der Waals surface area contributed by atoms with Gasteiger partial charge in [-0.1, -0.05) is 0 Å². The summed E-state index contributed by atoms with van der Waals surface area (Å²) in [5, 5.41) is 2.85. The molecule has 0 radical (unpaired) electrons. The number of nitrogens with one attached hydrogen (secondary N) is 2. The maximum atomic E-state index is 13.4. The van der Waals surface area contributed by atoms with Crippen LogP contribution in [0, 0.1) is 5.82 Å². The second kappa shape index (κ2) is 7.95. The molecule has 2 N–H and O–H groups in total. The fourth-order valence-corrected chi connectivity index (χ4v) is 3.68. The maximum Gasteiger partial charge on any atom is 0.344 e. The molecule has 2 aromatic heterocycles. The number of halogens is 1. The number of carbonyl (C=O) groups excluding carboxylic acids is 1. The van der Waals surface area contributed by atoms with Gasteiger partial charge in [0.1, 0.15) is 5.82 Å². The first kappa shape index (κ1) is 20.2. The number of benzene rings is 2. The minimum atomic E-state index is -3.93. The van der Waals surface area contributed by atoms with Crippen LogP contribution >= 0.6 is 0 Å². The van der Waals surface area contributed by atoms with Gasteiger partial charge in [-0.05, 0) is 60.0 Å². The number of anilines is 2. The van der Waals surface area contributed by atoms with E-state index in [9.17, 15) is 22.4 Å². The van der Waals surface area contributed by atoms with Crippen LogP contribution in [0.2, 0.25) is 0 Å². The molecular formula is C20H13FN4O5S. The van der Waals surface area contributed by atoms with Crippen LogP contribution in [-0.4, -0.2) is 24.3 Å². The van der Waals surface area contributed by atoms with Gasteiger partial charge < -0.3 is 9.73 Å². The Morgan fingerprint density at radius 1 is 1.00 bits per heavy atom. The minimum Gasteiger partial charge on any atom is -0.417 e. The summed E-state index contributed by atoms with van der Waals surface area (Å²) in [5.74, 6) is -1.71. The molecule has 0 spiro atoms. The Balaban J connectivity index is 1.53. The number of rotatable bonds is 5. The van der Waals surface area contributed by atoms with Crippen LogP contribution in [0.15, 0.2) is 81.1 Å². The van der Waals surface area contributed by atoms with Crippen LogP contribution in [0.5, 0.6) is 0 Å². The SMILES string of the molecule is O=C(Nc1ccc(S(=O)(=O)Nc2ncccn2)cc1)c1cc2cc(F)ccc2c(=O)o1. The summed E-state index contributed by atoms with van der Waals surface area (Å²) in [5.41, 5.74) is -0.528. The van der Waals surface area contributed by atoms with Gasteiger partial charge in [-0.25, -0.2) is 32.3 Å². The molecule has 1 amide bonds. The third kappa shape index (κ3) is 4.41. The summed E-state index contributed by atoms with van der Waals surface area (Å²) in [4.78, 5) is 32.0. The molecule has 2 aromatic carbocycles. The monoisotopic (exact) mass is 440 g/mol. The first-order valence-electron chi connectivity index (χ1n) is 8.76. The van der Waals surface area contributed by atoms with Crippen LogP contribution < -0.4 is 15.7 Å². The van der Waals surface area contributed by atoms with Gasteiger partial charge in [-0.3, -0.25) is 4.79 Å². The summed E-state index contributed by atoms with van der Waals surface area (Å²) in [6.45, 7) is 0. The fourth-order valence-electron chi connectivity index (χ4n) is 2.72. The Kier molecular flexibility index (Phi) is 5.17.